The second-order valence-electron chi connectivity index (χ2n) is 10.1. The van der Waals surface area contributed by atoms with Gasteiger partial charge >= 0.3 is 17.9 Å². The van der Waals surface area contributed by atoms with Crippen LogP contribution in [0.4, 0.5) is 0 Å². The highest BCUT2D eigenvalue weighted by molar-refractivity contribution is 5.81. The highest BCUT2D eigenvalue weighted by Crippen LogP contribution is 2.41. The Morgan fingerprint density at radius 2 is 1.00 bits per heavy atom. The van der Waals surface area contributed by atoms with E-state index in [4.69, 9.17) is 18.9 Å². The molecule has 3 aromatic rings. The van der Waals surface area contributed by atoms with E-state index < -0.39 is 17.9 Å². The van der Waals surface area contributed by atoms with E-state index in [0.29, 0.717) is 18.3 Å². The average Bonchev–Trinajstić information content (AvgIpc) is 3.07. The lowest BCUT2D eigenvalue weighted by Gasteiger charge is -2.25. The molecule has 2 atom stereocenters. The molecule has 11 heteroatoms. The van der Waals surface area contributed by atoms with Crippen LogP contribution < -0.4 is 14.2 Å². The molecule has 0 bridgehead atoms. The van der Waals surface area contributed by atoms with E-state index in [2.05, 4.69) is 9.47 Å². The second kappa shape index (κ2) is 16.0. The van der Waals surface area contributed by atoms with Crippen molar-refractivity contribution in [1.82, 2.24) is 0 Å². The van der Waals surface area contributed by atoms with E-state index >= 15 is 0 Å². The Morgan fingerprint density at radius 3 is 1.36 bits per heavy atom. The molecule has 0 aliphatic carbocycles. The highest BCUT2D eigenvalue weighted by Gasteiger charge is 2.24. The molecule has 3 rings (SSSR count). The van der Waals surface area contributed by atoms with Gasteiger partial charge in [-0.3, -0.25) is 9.59 Å². The minimum Gasteiger partial charge on any atom is -0.481 e. The summed E-state index contributed by atoms with van der Waals surface area (Å²) in [5, 5.41) is 0. The Labute approximate surface area is 261 Å². The Balaban J connectivity index is 2.07. The number of benzene rings is 3. The lowest BCUT2D eigenvalue weighted by molar-refractivity contribution is -0.143. The van der Waals surface area contributed by atoms with Crippen molar-refractivity contribution < 1.29 is 52.4 Å². The molecule has 0 spiro atoms. The van der Waals surface area contributed by atoms with Gasteiger partial charge in [0.1, 0.15) is 17.2 Å². The van der Waals surface area contributed by atoms with Gasteiger partial charge < -0.3 is 28.4 Å². The molecule has 0 aliphatic rings. The maximum Gasteiger partial charge on any atom is 0.343 e. The molecular weight excluding hydrogens is 584 g/mol. The van der Waals surface area contributed by atoms with E-state index in [9.17, 15) is 24.0 Å². The molecule has 2 unspecified atom stereocenters. The van der Waals surface area contributed by atoms with Crippen LogP contribution in [0, 0.1) is 6.92 Å². The summed E-state index contributed by atoms with van der Waals surface area (Å²) in [5.74, 6) is -1.47. The number of hydrogen-bond acceptors (Lipinski definition) is 11. The van der Waals surface area contributed by atoms with Crippen LogP contribution in [0.5, 0.6) is 17.2 Å². The van der Waals surface area contributed by atoms with Crippen LogP contribution in [-0.2, 0) is 28.6 Å². The molecule has 0 N–H and O–H groups in total. The molecule has 0 aliphatic heterocycles. The zero-order valence-corrected chi connectivity index (χ0v) is 26.0. The molecule has 238 valence electrons. The average molecular weight is 621 g/mol. The van der Waals surface area contributed by atoms with Crippen LogP contribution in [0.3, 0.4) is 0 Å². The monoisotopic (exact) mass is 620 g/mol. The molecule has 0 fully saturated rings. The van der Waals surface area contributed by atoms with Gasteiger partial charge in [-0.2, -0.15) is 0 Å². The summed E-state index contributed by atoms with van der Waals surface area (Å²) >= 11 is 0. The summed E-state index contributed by atoms with van der Waals surface area (Å²) < 4.78 is 31.1. The highest BCUT2D eigenvalue weighted by atomic mass is 16.6. The van der Waals surface area contributed by atoms with Gasteiger partial charge in [0, 0.05) is 23.0 Å². The number of rotatable bonds is 15. The third kappa shape index (κ3) is 8.69. The molecule has 0 radical (unpaired) electrons. The van der Waals surface area contributed by atoms with Crippen molar-refractivity contribution in [3.63, 3.8) is 0 Å². The molecular formula is C34H36O11. The first-order valence-corrected chi connectivity index (χ1v) is 14.0. The third-order valence-corrected chi connectivity index (χ3v) is 7.25. The standard InChI is InChI=1S/C34H36O11/c1-20-11-27(21(2)23-7-9-29(25(13-23)15-35)43-17-31(37)40-4)34(45-19-33(39)42-6)28(12-20)22(3)24-8-10-30(26(14-24)16-36)44-18-32(38)41-5/h7-16,21-22H,17-19H2,1-6H3. The lowest BCUT2D eigenvalue weighted by atomic mass is 9.84. The van der Waals surface area contributed by atoms with Crippen molar-refractivity contribution in [3.8, 4) is 17.2 Å². The van der Waals surface area contributed by atoms with Crippen LogP contribution in [0.15, 0.2) is 48.5 Å². The number of carbonyl (C=O) groups excluding carboxylic acids is 5. The number of ether oxygens (including phenoxy) is 6. The molecule has 0 saturated heterocycles. The minimum absolute atomic E-state index is 0.233. The number of esters is 3. The molecule has 0 aromatic heterocycles. The van der Waals surface area contributed by atoms with E-state index in [1.807, 2.05) is 32.9 Å². The van der Waals surface area contributed by atoms with E-state index in [-0.39, 0.29) is 54.3 Å². The van der Waals surface area contributed by atoms with E-state index in [1.165, 1.54) is 21.3 Å². The molecule has 3 aromatic carbocycles. The normalized spacial score (nSPS) is 11.9. The molecule has 0 saturated carbocycles. The van der Waals surface area contributed by atoms with Crippen molar-refractivity contribution in [3.05, 3.63) is 87.5 Å². The first-order chi connectivity index (χ1) is 21.6. The van der Waals surface area contributed by atoms with Crippen LogP contribution in [0.25, 0.3) is 0 Å². The molecule has 0 amide bonds. The van der Waals surface area contributed by atoms with E-state index in [1.54, 1.807) is 36.4 Å². The van der Waals surface area contributed by atoms with Gasteiger partial charge in [-0.05, 0) is 42.3 Å². The summed E-state index contributed by atoms with van der Waals surface area (Å²) in [6.45, 7) is 4.76. The zero-order valence-electron chi connectivity index (χ0n) is 26.0. The molecule has 45 heavy (non-hydrogen) atoms. The quantitative estimate of drug-likeness (QED) is 0.134. The Bertz CT molecular complexity index is 1460. The summed E-state index contributed by atoms with van der Waals surface area (Å²) in [6, 6.07) is 14.0. The lowest BCUT2D eigenvalue weighted by Crippen LogP contribution is -2.16. The number of aldehydes is 2. The van der Waals surface area contributed by atoms with Crippen LogP contribution in [-0.4, -0.2) is 71.6 Å². The first kappa shape index (κ1) is 34.3. The maximum atomic E-state index is 12.1. The first-order valence-electron chi connectivity index (χ1n) is 14.0. The fourth-order valence-electron chi connectivity index (χ4n) is 4.70. The van der Waals surface area contributed by atoms with Gasteiger partial charge in [0.05, 0.1) is 32.5 Å². The van der Waals surface area contributed by atoms with Crippen molar-refractivity contribution in [1.29, 1.82) is 0 Å². The van der Waals surface area contributed by atoms with Crippen molar-refractivity contribution >= 4 is 30.5 Å². The van der Waals surface area contributed by atoms with Crippen molar-refractivity contribution in [2.24, 2.45) is 0 Å². The fraction of sp³-hybridized carbons (Fsp3) is 0.324. The summed E-state index contributed by atoms with van der Waals surface area (Å²) in [5.41, 5.74) is 4.40. The van der Waals surface area contributed by atoms with Gasteiger partial charge in [-0.1, -0.05) is 43.7 Å². The van der Waals surface area contributed by atoms with Crippen molar-refractivity contribution in [2.45, 2.75) is 32.6 Å². The predicted molar refractivity (Wildman–Crippen MR) is 162 cm³/mol. The molecule has 0 heterocycles. The summed E-state index contributed by atoms with van der Waals surface area (Å²) in [7, 11) is 3.75. The van der Waals surface area contributed by atoms with Gasteiger partial charge in [0.15, 0.2) is 32.4 Å². The van der Waals surface area contributed by atoms with Gasteiger partial charge in [-0.15, -0.1) is 0 Å². The number of methoxy groups -OCH3 is 3. The predicted octanol–water partition coefficient (Wildman–Crippen LogP) is 4.58. The van der Waals surface area contributed by atoms with Gasteiger partial charge in [0.25, 0.3) is 0 Å². The van der Waals surface area contributed by atoms with E-state index in [0.717, 1.165) is 27.8 Å². The van der Waals surface area contributed by atoms with Crippen LogP contribution in [0.2, 0.25) is 0 Å². The van der Waals surface area contributed by atoms with Gasteiger partial charge in [0.2, 0.25) is 0 Å². The summed E-state index contributed by atoms with van der Waals surface area (Å²) in [4.78, 5) is 59.0. The second-order valence-corrected chi connectivity index (χ2v) is 10.1. The Morgan fingerprint density at radius 1 is 0.622 bits per heavy atom. The number of aryl methyl sites for hydroxylation is 1. The van der Waals surface area contributed by atoms with Crippen LogP contribution in [0.1, 0.15) is 74.2 Å². The topological polar surface area (TPSA) is 141 Å². The molecule has 11 nitrogen and oxygen atoms in total. The zero-order chi connectivity index (χ0) is 33.1. The van der Waals surface area contributed by atoms with Crippen molar-refractivity contribution in [2.75, 3.05) is 41.2 Å². The Hall–Kier alpha value is -5.19. The summed E-state index contributed by atoms with van der Waals surface area (Å²) in [6.07, 6.45) is 1.29. The van der Waals surface area contributed by atoms with Crippen LogP contribution >= 0.6 is 0 Å². The maximum absolute atomic E-state index is 12.1. The Kier molecular flexibility index (Phi) is 12.2. The fourth-order valence-corrected chi connectivity index (χ4v) is 4.70. The number of carbonyl (C=O) groups is 5. The minimum atomic E-state index is -0.582. The SMILES string of the molecule is COC(=O)COc1ccc(C(C)c2cc(C)cc(C(C)c3ccc(OCC(=O)OC)c(C=O)c3)c2OCC(=O)OC)cc1C=O. The third-order valence-electron chi connectivity index (χ3n) is 7.25. The number of hydrogen-bond donors (Lipinski definition) is 0. The smallest absolute Gasteiger partial charge is 0.343 e. The largest absolute Gasteiger partial charge is 0.481 e. The van der Waals surface area contributed by atoms with Gasteiger partial charge in [-0.25, -0.2) is 14.4 Å².